The lowest BCUT2D eigenvalue weighted by atomic mass is 9.70. The highest BCUT2D eigenvalue weighted by molar-refractivity contribution is 9.09. The van der Waals surface area contributed by atoms with E-state index in [0.717, 1.165) is 24.1 Å². The summed E-state index contributed by atoms with van der Waals surface area (Å²) in [6.07, 6.45) is 5.71. The summed E-state index contributed by atoms with van der Waals surface area (Å²) in [5.74, 6) is -1.90. The molecule has 2 bridgehead atoms. The average molecular weight is 681 g/mol. The number of aliphatic hydroxyl groups excluding tert-OH is 1. The fourth-order valence-corrected chi connectivity index (χ4v) is 11.2. The third kappa shape index (κ3) is 5.45. The number of halogens is 1. The minimum Gasteiger partial charge on any atom is -0.394 e. The van der Waals surface area contributed by atoms with Gasteiger partial charge in [0, 0.05) is 34.9 Å². The van der Waals surface area contributed by atoms with Crippen molar-refractivity contribution in [2.45, 2.75) is 66.1 Å². The third-order valence-corrected chi connectivity index (χ3v) is 12.7. The molecule has 3 amide bonds. The highest BCUT2D eigenvalue weighted by Gasteiger charge is 2.76. The van der Waals surface area contributed by atoms with Gasteiger partial charge in [0.2, 0.25) is 17.7 Å². The Morgan fingerprint density at radius 2 is 1.73 bits per heavy atom. The second-order valence-electron chi connectivity index (χ2n) is 12.0. The number of thioether (sulfide) groups is 1. The molecule has 0 aromatic heterocycles. The first kappa shape index (κ1) is 32.5. The summed E-state index contributed by atoms with van der Waals surface area (Å²) in [7, 11) is 0. The lowest BCUT2D eigenvalue weighted by molar-refractivity contribution is -0.146. The molecule has 0 radical (unpaired) electrons. The summed E-state index contributed by atoms with van der Waals surface area (Å²) >= 11 is 5.50. The molecule has 44 heavy (non-hydrogen) atoms. The zero-order valence-corrected chi connectivity index (χ0v) is 27.8. The van der Waals surface area contributed by atoms with Gasteiger partial charge in [-0.2, -0.15) is 0 Å². The topological polar surface area (TPSA) is 81.2 Å². The molecule has 3 fully saturated rings. The first-order valence-corrected chi connectivity index (χ1v) is 17.2. The summed E-state index contributed by atoms with van der Waals surface area (Å²) in [6, 6.07) is 17.2. The van der Waals surface area contributed by atoms with Crippen LogP contribution in [0.4, 0.5) is 5.69 Å². The normalized spacial score (nSPS) is 28.3. The van der Waals surface area contributed by atoms with Gasteiger partial charge in [0.1, 0.15) is 6.04 Å². The molecule has 2 aromatic rings. The molecule has 7 nitrogen and oxygen atoms in total. The van der Waals surface area contributed by atoms with Gasteiger partial charge in [0.25, 0.3) is 0 Å². The molecule has 0 saturated carbocycles. The van der Waals surface area contributed by atoms with Gasteiger partial charge in [-0.05, 0) is 37.5 Å². The van der Waals surface area contributed by atoms with Gasteiger partial charge in [-0.1, -0.05) is 90.0 Å². The van der Waals surface area contributed by atoms with Crippen LogP contribution in [0.2, 0.25) is 0 Å². The van der Waals surface area contributed by atoms with Crippen LogP contribution >= 0.6 is 27.7 Å². The second-order valence-corrected chi connectivity index (χ2v) is 14.7. The highest BCUT2D eigenvalue weighted by atomic mass is 79.9. The molecule has 4 unspecified atom stereocenters. The predicted molar refractivity (Wildman–Crippen MR) is 181 cm³/mol. The van der Waals surface area contributed by atoms with E-state index in [-0.39, 0.29) is 40.4 Å². The Balaban J connectivity index is 1.65. The number of rotatable bonds is 13. The summed E-state index contributed by atoms with van der Waals surface area (Å²) in [4.78, 5) is 49.5. The number of hydrogen-bond donors (Lipinski definition) is 1. The number of fused-ring (bicyclic) bond motifs is 1. The standard InChI is InChI=1S/C35H42BrN3O4S/c1-5-14-23(4)37(19-6-2)34(43)31-35-21-26(36)30(44-35)28(32(41)38(20-7-3)25-17-12-9-13-18-25)29(35)33(42)39(31)27(22-40)24-15-10-8-11-16-24/h6-13,15-18,23,26-31,40H,2-3,5,14,19-22H2,1,4H3/t23?,26?,27-,28+,29+,30+,31?,35?/m1/s1. The van der Waals surface area contributed by atoms with E-state index in [4.69, 9.17) is 0 Å². The number of amides is 3. The first-order valence-electron chi connectivity index (χ1n) is 15.4. The SMILES string of the molecule is C=CCN(C(=O)[C@H]1[C@H]2C(=O)N([C@H](CO)c3ccccc3)C(C(=O)N(CC=C)C(C)CCC)C23CC(Br)[C@@H]1S3)c1ccccc1. The Kier molecular flexibility index (Phi) is 10.1. The van der Waals surface area contributed by atoms with E-state index in [2.05, 4.69) is 36.0 Å². The van der Waals surface area contributed by atoms with Gasteiger partial charge in [0.05, 0.1) is 29.2 Å². The molecule has 1 N–H and O–H groups in total. The third-order valence-electron chi connectivity index (χ3n) is 9.43. The zero-order valence-electron chi connectivity index (χ0n) is 25.4. The van der Waals surface area contributed by atoms with Crippen molar-refractivity contribution in [1.82, 2.24) is 9.80 Å². The van der Waals surface area contributed by atoms with Crippen LogP contribution in [0.15, 0.2) is 86.0 Å². The molecule has 2 aromatic carbocycles. The van der Waals surface area contributed by atoms with Crippen molar-refractivity contribution in [1.29, 1.82) is 0 Å². The predicted octanol–water partition coefficient (Wildman–Crippen LogP) is 5.61. The Bertz CT molecular complexity index is 1380. The number of anilines is 1. The number of carbonyl (C=O) groups is 3. The molecule has 3 heterocycles. The Morgan fingerprint density at radius 1 is 1.09 bits per heavy atom. The Morgan fingerprint density at radius 3 is 2.32 bits per heavy atom. The van der Waals surface area contributed by atoms with Crippen LogP contribution in [0.3, 0.4) is 0 Å². The summed E-state index contributed by atoms with van der Waals surface area (Å²) in [6.45, 7) is 12.3. The van der Waals surface area contributed by atoms with Crippen molar-refractivity contribution in [2.75, 3.05) is 24.6 Å². The molecule has 234 valence electrons. The van der Waals surface area contributed by atoms with E-state index < -0.39 is 28.7 Å². The second kappa shape index (κ2) is 13.6. The van der Waals surface area contributed by atoms with Crippen LogP contribution in [-0.2, 0) is 14.4 Å². The van der Waals surface area contributed by atoms with Gasteiger partial charge < -0.3 is 19.8 Å². The van der Waals surface area contributed by atoms with Crippen molar-refractivity contribution >= 4 is 51.1 Å². The van der Waals surface area contributed by atoms with Crippen LogP contribution in [0, 0.1) is 11.8 Å². The number of carbonyl (C=O) groups excluding carboxylic acids is 3. The van der Waals surface area contributed by atoms with E-state index in [1.807, 2.05) is 72.5 Å². The molecule has 0 aliphatic carbocycles. The molecule has 8 atom stereocenters. The number of likely N-dealkylation sites (tertiary alicyclic amines) is 1. The zero-order chi connectivity index (χ0) is 31.6. The van der Waals surface area contributed by atoms with Crippen LogP contribution in [0.5, 0.6) is 0 Å². The number of aliphatic hydroxyl groups is 1. The van der Waals surface area contributed by atoms with Crippen molar-refractivity contribution in [3.05, 3.63) is 91.5 Å². The largest absolute Gasteiger partial charge is 0.394 e. The van der Waals surface area contributed by atoms with Gasteiger partial charge in [-0.3, -0.25) is 14.4 Å². The van der Waals surface area contributed by atoms with E-state index in [0.29, 0.717) is 19.5 Å². The molecule has 3 saturated heterocycles. The summed E-state index contributed by atoms with van der Waals surface area (Å²) in [5.41, 5.74) is 1.49. The molecule has 3 aliphatic heterocycles. The lowest BCUT2D eigenvalue weighted by Gasteiger charge is -2.41. The lowest BCUT2D eigenvalue weighted by Crippen LogP contribution is -2.58. The molecule has 3 aliphatic rings. The van der Waals surface area contributed by atoms with Crippen molar-refractivity contribution in [3.63, 3.8) is 0 Å². The van der Waals surface area contributed by atoms with E-state index in [1.54, 1.807) is 33.7 Å². The van der Waals surface area contributed by atoms with Gasteiger partial charge in [-0.15, -0.1) is 24.9 Å². The van der Waals surface area contributed by atoms with Crippen molar-refractivity contribution < 1.29 is 19.5 Å². The minimum atomic E-state index is -0.853. The highest BCUT2D eigenvalue weighted by Crippen LogP contribution is 2.69. The van der Waals surface area contributed by atoms with E-state index >= 15 is 0 Å². The molecule has 5 rings (SSSR count). The van der Waals surface area contributed by atoms with E-state index in [1.165, 1.54) is 0 Å². The van der Waals surface area contributed by atoms with Crippen molar-refractivity contribution in [2.24, 2.45) is 11.8 Å². The summed E-state index contributed by atoms with van der Waals surface area (Å²) in [5, 5.41) is 10.6. The monoisotopic (exact) mass is 679 g/mol. The van der Waals surface area contributed by atoms with Gasteiger partial charge in [-0.25, -0.2) is 0 Å². The quantitative estimate of drug-likeness (QED) is 0.220. The number of nitrogens with zero attached hydrogens (tertiary/aromatic N) is 3. The van der Waals surface area contributed by atoms with Gasteiger partial charge >= 0.3 is 0 Å². The maximum atomic E-state index is 14.9. The van der Waals surface area contributed by atoms with Crippen LogP contribution in [0.1, 0.15) is 44.7 Å². The maximum absolute atomic E-state index is 14.9. The minimum absolute atomic E-state index is 0.0627. The maximum Gasteiger partial charge on any atom is 0.247 e. The fraction of sp³-hybridized carbons (Fsp3) is 0.457. The number of benzene rings is 2. The molecule has 9 heteroatoms. The average Bonchev–Trinajstić information content (AvgIpc) is 3.63. The molecular weight excluding hydrogens is 638 g/mol. The van der Waals surface area contributed by atoms with Crippen LogP contribution < -0.4 is 4.90 Å². The van der Waals surface area contributed by atoms with Crippen molar-refractivity contribution in [3.8, 4) is 0 Å². The number of hydrogen-bond acceptors (Lipinski definition) is 5. The number of alkyl halides is 1. The Hall–Kier alpha value is -2.88. The van der Waals surface area contributed by atoms with Gasteiger partial charge in [0.15, 0.2) is 0 Å². The fourth-order valence-electron chi connectivity index (χ4n) is 7.59. The smallest absolute Gasteiger partial charge is 0.247 e. The first-order chi connectivity index (χ1) is 21.2. The number of para-hydroxylation sites is 1. The van der Waals surface area contributed by atoms with Crippen LogP contribution in [-0.4, -0.2) is 79.2 Å². The van der Waals surface area contributed by atoms with Crippen LogP contribution in [0.25, 0.3) is 0 Å². The molecular formula is C35H42BrN3O4S. The summed E-state index contributed by atoms with van der Waals surface area (Å²) < 4.78 is -0.836. The molecule has 1 spiro atoms. The van der Waals surface area contributed by atoms with E-state index in [9.17, 15) is 19.5 Å². The Labute approximate surface area is 273 Å².